The summed E-state index contributed by atoms with van der Waals surface area (Å²) in [7, 11) is 0. The highest BCUT2D eigenvalue weighted by molar-refractivity contribution is 5.21. The van der Waals surface area contributed by atoms with Crippen molar-refractivity contribution in [2.75, 3.05) is 6.54 Å². The minimum atomic E-state index is -0.171. The second-order valence-corrected chi connectivity index (χ2v) is 7.57. The van der Waals surface area contributed by atoms with Crippen molar-refractivity contribution in [3.63, 3.8) is 0 Å². The van der Waals surface area contributed by atoms with Crippen LogP contribution in [-0.4, -0.2) is 33.7 Å². The molecule has 0 unspecified atom stereocenters. The lowest BCUT2D eigenvalue weighted by molar-refractivity contribution is -0.0797. The number of rotatable bonds is 3. The molecule has 0 aliphatic carbocycles. The summed E-state index contributed by atoms with van der Waals surface area (Å²) in [4.78, 5) is 2.58. The van der Waals surface area contributed by atoms with Crippen LogP contribution >= 0.6 is 0 Å². The Labute approximate surface area is 123 Å². The van der Waals surface area contributed by atoms with E-state index >= 15 is 0 Å². The zero-order valence-corrected chi connectivity index (χ0v) is 13.6. The number of likely N-dealkylation sites (tertiary alicyclic amines) is 1. The van der Waals surface area contributed by atoms with E-state index in [2.05, 4.69) is 63.8 Å². The molecule has 1 aromatic carbocycles. The van der Waals surface area contributed by atoms with Crippen molar-refractivity contribution in [3.05, 3.63) is 35.4 Å². The van der Waals surface area contributed by atoms with Crippen molar-refractivity contribution in [2.24, 2.45) is 0 Å². The van der Waals surface area contributed by atoms with Gasteiger partial charge >= 0.3 is 0 Å². The van der Waals surface area contributed by atoms with Gasteiger partial charge in [0, 0.05) is 17.6 Å². The molecule has 0 amide bonds. The minimum absolute atomic E-state index is 0.0614. The highest BCUT2D eigenvalue weighted by Gasteiger charge is 2.44. The predicted octanol–water partition coefficient (Wildman–Crippen LogP) is 3.55. The first-order valence-electron chi connectivity index (χ1n) is 7.72. The molecule has 2 rings (SSSR count). The fourth-order valence-corrected chi connectivity index (χ4v) is 3.87. The summed E-state index contributed by atoms with van der Waals surface area (Å²) in [5.41, 5.74) is 2.83. The summed E-state index contributed by atoms with van der Waals surface area (Å²) in [5, 5.41) is 10.1. The van der Waals surface area contributed by atoms with E-state index < -0.39 is 0 Å². The van der Waals surface area contributed by atoms with Crippen molar-refractivity contribution < 1.29 is 5.11 Å². The largest absolute Gasteiger partial charge is 0.393 e. The van der Waals surface area contributed by atoms with Gasteiger partial charge in [-0.05, 0) is 59.4 Å². The SMILES string of the molecule is Cc1ccc(CCN2C(C)(C)CC(O)CC2(C)C)cc1. The topological polar surface area (TPSA) is 23.5 Å². The fourth-order valence-electron chi connectivity index (χ4n) is 3.87. The van der Waals surface area contributed by atoms with Crippen LogP contribution in [-0.2, 0) is 6.42 Å². The Morgan fingerprint density at radius 2 is 1.55 bits per heavy atom. The normalized spacial score (nSPS) is 22.9. The standard InChI is InChI=1S/C18H29NO/c1-14-6-8-15(9-7-14)10-11-19-17(2,3)12-16(20)13-18(19,4)5/h6-9,16,20H,10-13H2,1-5H3. The van der Waals surface area contributed by atoms with Crippen LogP contribution in [0.5, 0.6) is 0 Å². The molecule has 112 valence electrons. The number of benzene rings is 1. The third-order valence-corrected chi connectivity index (χ3v) is 4.68. The Bertz CT molecular complexity index is 429. The maximum Gasteiger partial charge on any atom is 0.0575 e. The van der Waals surface area contributed by atoms with Crippen LogP contribution in [0.15, 0.2) is 24.3 Å². The smallest absolute Gasteiger partial charge is 0.0575 e. The average molecular weight is 275 g/mol. The number of piperidine rings is 1. The van der Waals surface area contributed by atoms with Crippen LogP contribution in [0.25, 0.3) is 0 Å². The van der Waals surface area contributed by atoms with E-state index in [9.17, 15) is 5.11 Å². The van der Waals surface area contributed by atoms with Gasteiger partial charge in [-0.1, -0.05) is 29.8 Å². The number of aryl methyl sites for hydroxylation is 1. The van der Waals surface area contributed by atoms with Crippen LogP contribution in [0.4, 0.5) is 0 Å². The van der Waals surface area contributed by atoms with Gasteiger partial charge in [-0.3, -0.25) is 4.90 Å². The number of hydrogen-bond acceptors (Lipinski definition) is 2. The Kier molecular flexibility index (Phi) is 4.27. The summed E-state index contributed by atoms with van der Waals surface area (Å²) >= 11 is 0. The van der Waals surface area contributed by atoms with Crippen LogP contribution in [0, 0.1) is 6.92 Å². The predicted molar refractivity (Wildman–Crippen MR) is 85.0 cm³/mol. The molecule has 2 nitrogen and oxygen atoms in total. The van der Waals surface area contributed by atoms with E-state index in [0.717, 1.165) is 25.8 Å². The van der Waals surface area contributed by atoms with E-state index in [1.807, 2.05) is 0 Å². The molecule has 20 heavy (non-hydrogen) atoms. The van der Waals surface area contributed by atoms with Crippen molar-refractivity contribution >= 4 is 0 Å². The molecule has 1 aliphatic heterocycles. The van der Waals surface area contributed by atoms with Gasteiger partial charge in [-0.2, -0.15) is 0 Å². The summed E-state index contributed by atoms with van der Waals surface area (Å²) in [6, 6.07) is 8.83. The Hall–Kier alpha value is -0.860. The Balaban J connectivity index is 2.08. The maximum absolute atomic E-state index is 10.1. The first-order valence-corrected chi connectivity index (χ1v) is 7.72. The molecule has 0 radical (unpaired) electrons. The van der Waals surface area contributed by atoms with Gasteiger partial charge < -0.3 is 5.11 Å². The van der Waals surface area contributed by atoms with Gasteiger partial charge in [0.1, 0.15) is 0 Å². The van der Waals surface area contributed by atoms with Gasteiger partial charge in [0.15, 0.2) is 0 Å². The highest BCUT2D eigenvalue weighted by atomic mass is 16.3. The zero-order valence-electron chi connectivity index (χ0n) is 13.6. The Morgan fingerprint density at radius 1 is 1.05 bits per heavy atom. The molecule has 0 atom stereocenters. The lowest BCUT2D eigenvalue weighted by Gasteiger charge is -2.54. The van der Waals surface area contributed by atoms with E-state index in [-0.39, 0.29) is 17.2 Å². The fraction of sp³-hybridized carbons (Fsp3) is 0.667. The number of nitrogens with zero attached hydrogens (tertiary/aromatic N) is 1. The average Bonchev–Trinajstić information content (AvgIpc) is 2.28. The lowest BCUT2D eigenvalue weighted by atomic mass is 9.78. The first kappa shape index (κ1) is 15.5. The number of aliphatic hydroxyl groups is 1. The Morgan fingerprint density at radius 3 is 2.05 bits per heavy atom. The van der Waals surface area contributed by atoms with Crippen LogP contribution < -0.4 is 0 Å². The molecule has 1 aliphatic rings. The third kappa shape index (κ3) is 3.42. The van der Waals surface area contributed by atoms with E-state index in [0.29, 0.717) is 0 Å². The number of hydrogen-bond donors (Lipinski definition) is 1. The van der Waals surface area contributed by atoms with Gasteiger partial charge in [-0.25, -0.2) is 0 Å². The summed E-state index contributed by atoms with van der Waals surface area (Å²) in [6.45, 7) is 12.2. The molecular formula is C18H29NO. The minimum Gasteiger partial charge on any atom is -0.393 e. The molecule has 0 spiro atoms. The van der Waals surface area contributed by atoms with Crippen molar-refractivity contribution in [1.29, 1.82) is 0 Å². The maximum atomic E-state index is 10.1. The summed E-state index contributed by atoms with van der Waals surface area (Å²) in [6.07, 6.45) is 2.63. The van der Waals surface area contributed by atoms with E-state index in [1.54, 1.807) is 0 Å². The quantitative estimate of drug-likeness (QED) is 0.912. The second-order valence-electron chi connectivity index (χ2n) is 7.57. The summed E-state index contributed by atoms with van der Waals surface area (Å²) < 4.78 is 0. The van der Waals surface area contributed by atoms with Crippen LogP contribution in [0.3, 0.4) is 0 Å². The molecule has 0 bridgehead atoms. The van der Waals surface area contributed by atoms with Gasteiger partial charge in [0.25, 0.3) is 0 Å². The van der Waals surface area contributed by atoms with Crippen molar-refractivity contribution in [1.82, 2.24) is 4.90 Å². The van der Waals surface area contributed by atoms with Gasteiger partial charge in [0.05, 0.1) is 6.10 Å². The molecule has 1 aromatic rings. The monoisotopic (exact) mass is 275 g/mol. The molecule has 0 aromatic heterocycles. The van der Waals surface area contributed by atoms with Gasteiger partial charge in [-0.15, -0.1) is 0 Å². The summed E-state index contributed by atoms with van der Waals surface area (Å²) in [5.74, 6) is 0. The third-order valence-electron chi connectivity index (χ3n) is 4.68. The molecular weight excluding hydrogens is 246 g/mol. The molecule has 1 saturated heterocycles. The molecule has 1 fully saturated rings. The second kappa shape index (κ2) is 5.50. The lowest BCUT2D eigenvalue weighted by Crippen LogP contribution is -2.62. The molecule has 1 N–H and O–H groups in total. The van der Waals surface area contributed by atoms with Crippen LogP contribution in [0.1, 0.15) is 51.7 Å². The zero-order chi connectivity index (χ0) is 15.0. The van der Waals surface area contributed by atoms with Gasteiger partial charge in [0.2, 0.25) is 0 Å². The first-order chi connectivity index (χ1) is 9.21. The van der Waals surface area contributed by atoms with Crippen molar-refractivity contribution in [3.8, 4) is 0 Å². The van der Waals surface area contributed by atoms with E-state index in [4.69, 9.17) is 0 Å². The van der Waals surface area contributed by atoms with Crippen molar-refractivity contribution in [2.45, 2.75) is 71.1 Å². The number of aliphatic hydroxyl groups excluding tert-OH is 1. The highest BCUT2D eigenvalue weighted by Crippen LogP contribution is 2.38. The van der Waals surface area contributed by atoms with Crippen LogP contribution in [0.2, 0.25) is 0 Å². The molecule has 2 heteroatoms. The van der Waals surface area contributed by atoms with E-state index in [1.165, 1.54) is 11.1 Å². The molecule has 1 heterocycles. The molecule has 0 saturated carbocycles.